The van der Waals surface area contributed by atoms with Gasteiger partial charge in [0, 0.05) is 25.2 Å². The van der Waals surface area contributed by atoms with E-state index in [2.05, 4.69) is 36.8 Å². The molecule has 3 fully saturated rings. The molecule has 3 aliphatic heterocycles. The molecule has 19 heavy (non-hydrogen) atoms. The fourth-order valence-corrected chi connectivity index (χ4v) is 5.36. The zero-order valence-electron chi connectivity index (χ0n) is 12.6. The summed E-state index contributed by atoms with van der Waals surface area (Å²) >= 11 is 0. The Kier molecular flexibility index (Phi) is 4.00. The van der Waals surface area contributed by atoms with Crippen LogP contribution in [0.3, 0.4) is 0 Å². The van der Waals surface area contributed by atoms with Gasteiger partial charge < -0.3 is 10.2 Å². The summed E-state index contributed by atoms with van der Waals surface area (Å²) in [6, 6.07) is 1.67. The van der Waals surface area contributed by atoms with Gasteiger partial charge in [0.15, 0.2) is 0 Å². The maximum absolute atomic E-state index is 4.00. The van der Waals surface area contributed by atoms with E-state index in [-0.39, 0.29) is 0 Å². The lowest BCUT2D eigenvalue weighted by molar-refractivity contribution is 0.0250. The third-order valence-electron chi connectivity index (χ3n) is 5.95. The van der Waals surface area contributed by atoms with E-state index in [1.165, 1.54) is 45.2 Å². The van der Waals surface area contributed by atoms with Crippen molar-refractivity contribution < 1.29 is 0 Å². The Hall–Kier alpha value is -0.340. The van der Waals surface area contributed by atoms with Crippen LogP contribution in [0, 0.1) is 23.7 Å². The average Bonchev–Trinajstić information content (AvgIpc) is 2.74. The molecule has 0 aromatic heterocycles. The lowest BCUT2D eigenvalue weighted by Gasteiger charge is -2.48. The highest BCUT2D eigenvalue weighted by molar-refractivity contribution is 5.00. The summed E-state index contributed by atoms with van der Waals surface area (Å²) in [7, 11) is 2.29. The van der Waals surface area contributed by atoms with Crippen LogP contribution in [0.1, 0.15) is 39.0 Å². The number of nitrogens with zero attached hydrogens (tertiary/aromatic N) is 1. The van der Waals surface area contributed by atoms with Gasteiger partial charge in [-0.25, -0.2) is 0 Å². The summed E-state index contributed by atoms with van der Waals surface area (Å²) in [5, 5.41) is 3.89. The number of allylic oxidation sites excluding steroid dienone is 1. The lowest BCUT2D eigenvalue weighted by Crippen LogP contribution is -2.52. The van der Waals surface area contributed by atoms with E-state index < -0.39 is 0 Å². The molecule has 0 aromatic carbocycles. The molecule has 0 amide bonds. The van der Waals surface area contributed by atoms with Gasteiger partial charge in [-0.05, 0) is 62.8 Å². The van der Waals surface area contributed by atoms with Crippen molar-refractivity contribution in [3.63, 3.8) is 0 Å². The molecule has 2 nitrogen and oxygen atoms in total. The first-order valence-corrected chi connectivity index (χ1v) is 8.24. The number of piperidine rings is 2. The highest BCUT2D eigenvalue weighted by Gasteiger charge is 2.44. The Morgan fingerprint density at radius 3 is 2.79 bits per heavy atom. The van der Waals surface area contributed by atoms with Crippen molar-refractivity contribution >= 4 is 0 Å². The van der Waals surface area contributed by atoms with Crippen LogP contribution in [0.2, 0.25) is 0 Å². The summed E-state index contributed by atoms with van der Waals surface area (Å²) in [5.41, 5.74) is 0. The highest BCUT2D eigenvalue weighted by Crippen LogP contribution is 2.44. The number of hydrogen-bond acceptors (Lipinski definition) is 2. The molecule has 108 valence electrons. The first-order chi connectivity index (χ1) is 9.19. The Morgan fingerprint density at radius 1 is 1.21 bits per heavy atom. The lowest BCUT2D eigenvalue weighted by atomic mass is 9.66. The van der Waals surface area contributed by atoms with Crippen molar-refractivity contribution in [3.8, 4) is 0 Å². The molecule has 1 N–H and O–H groups in total. The molecule has 3 heterocycles. The third-order valence-corrected chi connectivity index (χ3v) is 5.95. The molecular weight excluding hydrogens is 232 g/mol. The average molecular weight is 262 g/mol. The van der Waals surface area contributed by atoms with Gasteiger partial charge in [0.2, 0.25) is 0 Å². The molecule has 0 aliphatic carbocycles. The molecular formula is C17H30N2. The molecule has 6 unspecified atom stereocenters. The van der Waals surface area contributed by atoms with Crippen LogP contribution in [-0.2, 0) is 0 Å². The monoisotopic (exact) mass is 262 g/mol. The van der Waals surface area contributed by atoms with Crippen molar-refractivity contribution in [2.24, 2.45) is 23.7 Å². The first-order valence-electron chi connectivity index (χ1n) is 8.24. The largest absolute Gasteiger partial charge is 0.311 e. The van der Waals surface area contributed by atoms with Gasteiger partial charge in [0.05, 0.1) is 0 Å². The van der Waals surface area contributed by atoms with Crippen LogP contribution in [0.15, 0.2) is 12.7 Å². The van der Waals surface area contributed by atoms with E-state index in [9.17, 15) is 0 Å². The topological polar surface area (TPSA) is 15.3 Å². The van der Waals surface area contributed by atoms with Crippen LogP contribution in [-0.4, -0.2) is 37.1 Å². The Bertz CT molecular complexity index is 327. The van der Waals surface area contributed by atoms with E-state index >= 15 is 0 Å². The van der Waals surface area contributed by atoms with E-state index in [1.54, 1.807) is 0 Å². The Balaban J connectivity index is 1.76. The van der Waals surface area contributed by atoms with E-state index in [1.807, 2.05) is 0 Å². The maximum Gasteiger partial charge on any atom is 0.0101 e. The SMILES string of the molecule is C=CCC1CN(C)CC(C)C1C1CCC2CCC1N2. The number of nitrogens with one attached hydrogen (secondary N) is 1. The van der Waals surface area contributed by atoms with Gasteiger partial charge in [0.25, 0.3) is 0 Å². The fraction of sp³-hybridized carbons (Fsp3) is 0.882. The molecule has 0 radical (unpaired) electrons. The quantitative estimate of drug-likeness (QED) is 0.787. The van der Waals surface area contributed by atoms with Crippen LogP contribution in [0.4, 0.5) is 0 Å². The first kappa shape index (κ1) is 13.6. The van der Waals surface area contributed by atoms with E-state index in [0.717, 1.165) is 35.8 Å². The third kappa shape index (κ3) is 2.62. The van der Waals surface area contributed by atoms with E-state index in [0.29, 0.717) is 0 Å². The number of likely N-dealkylation sites (tertiary alicyclic amines) is 1. The van der Waals surface area contributed by atoms with Crippen LogP contribution in [0.5, 0.6) is 0 Å². The molecule has 0 spiro atoms. The van der Waals surface area contributed by atoms with Gasteiger partial charge in [-0.2, -0.15) is 0 Å². The number of fused-ring (bicyclic) bond motifs is 2. The minimum Gasteiger partial charge on any atom is -0.311 e. The minimum atomic E-state index is 0.821. The highest BCUT2D eigenvalue weighted by atomic mass is 15.1. The normalized spacial score (nSPS) is 47.3. The van der Waals surface area contributed by atoms with Gasteiger partial charge in [-0.15, -0.1) is 6.58 Å². The summed E-state index contributed by atoms with van der Waals surface area (Å²) in [6.45, 7) is 9.04. The molecule has 0 aromatic rings. The fourth-order valence-electron chi connectivity index (χ4n) is 5.36. The Labute approximate surface area is 118 Å². The molecule has 0 saturated carbocycles. The van der Waals surface area contributed by atoms with Gasteiger partial charge in [-0.1, -0.05) is 13.0 Å². The van der Waals surface area contributed by atoms with Crippen molar-refractivity contribution in [2.75, 3.05) is 20.1 Å². The van der Waals surface area contributed by atoms with Gasteiger partial charge in [-0.3, -0.25) is 0 Å². The predicted octanol–water partition coefficient (Wildman–Crippen LogP) is 2.91. The Morgan fingerprint density at radius 2 is 2.00 bits per heavy atom. The maximum atomic E-state index is 4.00. The standard InChI is InChI=1S/C17H30N2/c1-4-5-13-11-19(3)10-12(2)17(13)15-8-6-14-7-9-16(15)18-14/h4,12-18H,1,5-11H2,2-3H3. The van der Waals surface area contributed by atoms with Crippen molar-refractivity contribution in [1.29, 1.82) is 0 Å². The number of rotatable bonds is 3. The second-order valence-corrected chi connectivity index (χ2v) is 7.35. The van der Waals surface area contributed by atoms with Crippen molar-refractivity contribution in [1.82, 2.24) is 10.2 Å². The van der Waals surface area contributed by atoms with Gasteiger partial charge in [0.1, 0.15) is 0 Å². The molecule has 6 atom stereocenters. The molecule has 2 bridgehead atoms. The molecule has 3 aliphatic rings. The van der Waals surface area contributed by atoms with Crippen molar-refractivity contribution in [2.45, 2.75) is 51.1 Å². The van der Waals surface area contributed by atoms with Crippen molar-refractivity contribution in [3.05, 3.63) is 12.7 Å². The zero-order valence-corrected chi connectivity index (χ0v) is 12.6. The van der Waals surface area contributed by atoms with E-state index in [4.69, 9.17) is 0 Å². The molecule has 3 rings (SSSR count). The summed E-state index contributed by atoms with van der Waals surface area (Å²) in [4.78, 5) is 2.53. The molecule has 3 saturated heterocycles. The number of hydrogen-bond donors (Lipinski definition) is 1. The second kappa shape index (κ2) is 5.57. The smallest absolute Gasteiger partial charge is 0.0101 e. The van der Waals surface area contributed by atoms with Crippen LogP contribution >= 0.6 is 0 Å². The van der Waals surface area contributed by atoms with Crippen LogP contribution < -0.4 is 5.32 Å². The molecule has 2 heteroatoms. The second-order valence-electron chi connectivity index (χ2n) is 7.35. The zero-order chi connectivity index (χ0) is 13.4. The summed E-state index contributed by atoms with van der Waals surface area (Å²) in [6.07, 6.45) is 9.09. The van der Waals surface area contributed by atoms with Crippen LogP contribution in [0.25, 0.3) is 0 Å². The minimum absolute atomic E-state index is 0.821. The summed E-state index contributed by atoms with van der Waals surface area (Å²) < 4.78 is 0. The van der Waals surface area contributed by atoms with Gasteiger partial charge >= 0.3 is 0 Å². The predicted molar refractivity (Wildman–Crippen MR) is 81.1 cm³/mol. The summed E-state index contributed by atoms with van der Waals surface area (Å²) in [5.74, 6) is 3.50.